The SMILES string of the molecule is CCC(C)N(Cc1ccccc1)C(=O)CC1(N)CCCC1. The number of carbonyl (C=O) groups excluding carboxylic acids is 1. The van der Waals surface area contributed by atoms with Crippen molar-refractivity contribution in [2.45, 2.75) is 70.5 Å². The highest BCUT2D eigenvalue weighted by Gasteiger charge is 2.34. The van der Waals surface area contributed by atoms with Crippen molar-refractivity contribution in [1.82, 2.24) is 4.90 Å². The van der Waals surface area contributed by atoms with Crippen LogP contribution in [0.5, 0.6) is 0 Å². The summed E-state index contributed by atoms with van der Waals surface area (Å²) >= 11 is 0. The van der Waals surface area contributed by atoms with Crippen LogP contribution in [0, 0.1) is 0 Å². The van der Waals surface area contributed by atoms with Crippen molar-refractivity contribution < 1.29 is 4.79 Å². The average Bonchev–Trinajstić information content (AvgIpc) is 2.91. The number of amides is 1. The Morgan fingerprint density at radius 3 is 2.48 bits per heavy atom. The molecule has 1 aromatic rings. The molecule has 0 radical (unpaired) electrons. The van der Waals surface area contributed by atoms with Crippen molar-refractivity contribution in [3.05, 3.63) is 35.9 Å². The highest BCUT2D eigenvalue weighted by Crippen LogP contribution is 2.31. The van der Waals surface area contributed by atoms with Crippen LogP contribution in [-0.4, -0.2) is 22.4 Å². The smallest absolute Gasteiger partial charge is 0.224 e. The van der Waals surface area contributed by atoms with Crippen LogP contribution >= 0.6 is 0 Å². The first-order valence-corrected chi connectivity index (χ1v) is 8.16. The molecular weight excluding hydrogens is 260 g/mol. The first-order valence-electron chi connectivity index (χ1n) is 8.16. The van der Waals surface area contributed by atoms with Crippen LogP contribution in [0.2, 0.25) is 0 Å². The van der Waals surface area contributed by atoms with Gasteiger partial charge in [-0.3, -0.25) is 4.79 Å². The Kier molecular flexibility index (Phi) is 5.40. The summed E-state index contributed by atoms with van der Waals surface area (Å²) in [6.07, 6.45) is 5.74. The summed E-state index contributed by atoms with van der Waals surface area (Å²) in [6, 6.07) is 10.5. The summed E-state index contributed by atoms with van der Waals surface area (Å²) in [5, 5.41) is 0. The Labute approximate surface area is 128 Å². The first-order chi connectivity index (χ1) is 10.0. The van der Waals surface area contributed by atoms with E-state index < -0.39 is 0 Å². The number of nitrogens with two attached hydrogens (primary N) is 1. The maximum atomic E-state index is 12.8. The van der Waals surface area contributed by atoms with Gasteiger partial charge in [-0.05, 0) is 31.7 Å². The quantitative estimate of drug-likeness (QED) is 0.871. The molecule has 3 nitrogen and oxygen atoms in total. The van der Waals surface area contributed by atoms with E-state index >= 15 is 0 Å². The largest absolute Gasteiger partial charge is 0.336 e. The monoisotopic (exact) mass is 288 g/mol. The third-order valence-corrected chi connectivity index (χ3v) is 4.74. The molecule has 2 N–H and O–H groups in total. The molecule has 1 unspecified atom stereocenters. The van der Waals surface area contributed by atoms with Gasteiger partial charge in [0, 0.05) is 24.5 Å². The minimum Gasteiger partial charge on any atom is -0.336 e. The second kappa shape index (κ2) is 7.08. The summed E-state index contributed by atoms with van der Waals surface area (Å²) < 4.78 is 0. The molecule has 1 aliphatic carbocycles. The van der Waals surface area contributed by atoms with Crippen LogP contribution in [-0.2, 0) is 11.3 Å². The summed E-state index contributed by atoms with van der Waals surface area (Å²) in [7, 11) is 0. The van der Waals surface area contributed by atoms with Gasteiger partial charge in [0.15, 0.2) is 0 Å². The van der Waals surface area contributed by atoms with Crippen LogP contribution in [0.15, 0.2) is 30.3 Å². The van der Waals surface area contributed by atoms with Gasteiger partial charge in [0.05, 0.1) is 0 Å². The number of carbonyl (C=O) groups is 1. The molecule has 0 bridgehead atoms. The standard InChI is InChI=1S/C18H28N2O/c1-3-15(2)20(14-16-9-5-4-6-10-16)17(21)13-18(19)11-7-8-12-18/h4-6,9-10,15H,3,7-8,11-14,19H2,1-2H3. The zero-order valence-electron chi connectivity index (χ0n) is 13.3. The molecule has 1 atom stereocenters. The van der Waals surface area contributed by atoms with Gasteiger partial charge in [0.2, 0.25) is 5.91 Å². The number of rotatable bonds is 6. The number of hydrogen-bond acceptors (Lipinski definition) is 2. The molecule has 0 aromatic heterocycles. The summed E-state index contributed by atoms with van der Waals surface area (Å²) in [5.74, 6) is 0.206. The fourth-order valence-corrected chi connectivity index (χ4v) is 3.15. The van der Waals surface area contributed by atoms with Gasteiger partial charge in [-0.2, -0.15) is 0 Å². The highest BCUT2D eigenvalue weighted by atomic mass is 16.2. The van der Waals surface area contributed by atoms with Gasteiger partial charge in [0.25, 0.3) is 0 Å². The van der Waals surface area contributed by atoms with Crippen molar-refractivity contribution in [2.24, 2.45) is 5.73 Å². The lowest BCUT2D eigenvalue weighted by molar-refractivity contribution is -0.135. The Bertz CT molecular complexity index is 452. The van der Waals surface area contributed by atoms with E-state index in [4.69, 9.17) is 5.73 Å². The summed E-state index contributed by atoms with van der Waals surface area (Å²) in [6.45, 7) is 4.94. The molecule has 1 saturated carbocycles. The Balaban J connectivity index is 2.06. The van der Waals surface area contributed by atoms with E-state index in [1.165, 1.54) is 5.56 Å². The molecule has 3 heteroatoms. The van der Waals surface area contributed by atoms with Crippen molar-refractivity contribution in [1.29, 1.82) is 0 Å². The molecule has 0 saturated heterocycles. The molecule has 21 heavy (non-hydrogen) atoms. The predicted octanol–water partition coefficient (Wildman–Crippen LogP) is 3.48. The number of benzene rings is 1. The molecule has 0 aliphatic heterocycles. The maximum Gasteiger partial charge on any atom is 0.224 e. The van der Waals surface area contributed by atoms with Gasteiger partial charge >= 0.3 is 0 Å². The second-order valence-electron chi connectivity index (χ2n) is 6.51. The van der Waals surface area contributed by atoms with Gasteiger partial charge in [-0.1, -0.05) is 50.1 Å². The zero-order valence-corrected chi connectivity index (χ0v) is 13.3. The fourth-order valence-electron chi connectivity index (χ4n) is 3.15. The molecule has 2 rings (SSSR count). The van der Waals surface area contributed by atoms with Crippen molar-refractivity contribution in [3.63, 3.8) is 0 Å². The topological polar surface area (TPSA) is 46.3 Å². The molecule has 1 aromatic carbocycles. The van der Waals surface area contributed by atoms with Crippen LogP contribution in [0.25, 0.3) is 0 Å². The van der Waals surface area contributed by atoms with Gasteiger partial charge < -0.3 is 10.6 Å². The minimum absolute atomic E-state index is 0.206. The molecule has 1 aliphatic rings. The number of nitrogens with zero attached hydrogens (tertiary/aromatic N) is 1. The Morgan fingerprint density at radius 2 is 1.90 bits per heavy atom. The molecule has 1 fully saturated rings. The van der Waals surface area contributed by atoms with Gasteiger partial charge in [-0.25, -0.2) is 0 Å². The van der Waals surface area contributed by atoms with E-state index in [2.05, 4.69) is 26.0 Å². The second-order valence-corrected chi connectivity index (χ2v) is 6.51. The average molecular weight is 288 g/mol. The van der Waals surface area contributed by atoms with Crippen LogP contribution in [0.3, 0.4) is 0 Å². The summed E-state index contributed by atoms with van der Waals surface area (Å²) in [5.41, 5.74) is 7.30. The minimum atomic E-state index is -0.264. The molecular formula is C18H28N2O. The first kappa shape index (κ1) is 16.0. The Hall–Kier alpha value is -1.35. The van der Waals surface area contributed by atoms with E-state index in [9.17, 15) is 4.79 Å². The lowest BCUT2D eigenvalue weighted by Gasteiger charge is -2.32. The van der Waals surface area contributed by atoms with E-state index in [1.54, 1.807) is 0 Å². The third kappa shape index (κ3) is 4.31. The number of hydrogen-bond donors (Lipinski definition) is 1. The van der Waals surface area contributed by atoms with Gasteiger partial charge in [0.1, 0.15) is 0 Å². The van der Waals surface area contributed by atoms with Crippen LogP contribution in [0.4, 0.5) is 0 Å². The normalized spacial score (nSPS) is 18.4. The van der Waals surface area contributed by atoms with E-state index in [0.717, 1.165) is 32.1 Å². The fraction of sp³-hybridized carbons (Fsp3) is 0.611. The van der Waals surface area contributed by atoms with E-state index in [-0.39, 0.29) is 17.5 Å². The highest BCUT2D eigenvalue weighted by molar-refractivity contribution is 5.77. The predicted molar refractivity (Wildman–Crippen MR) is 86.7 cm³/mol. The molecule has 0 spiro atoms. The van der Waals surface area contributed by atoms with Gasteiger partial charge in [-0.15, -0.1) is 0 Å². The van der Waals surface area contributed by atoms with Crippen molar-refractivity contribution >= 4 is 5.91 Å². The lowest BCUT2D eigenvalue weighted by atomic mass is 9.93. The van der Waals surface area contributed by atoms with Crippen molar-refractivity contribution in [2.75, 3.05) is 0 Å². The zero-order chi connectivity index (χ0) is 15.3. The summed E-state index contributed by atoms with van der Waals surface area (Å²) in [4.78, 5) is 14.8. The van der Waals surface area contributed by atoms with Crippen LogP contribution < -0.4 is 5.73 Å². The molecule has 0 heterocycles. The maximum absolute atomic E-state index is 12.8. The molecule has 1 amide bonds. The molecule has 116 valence electrons. The Morgan fingerprint density at radius 1 is 1.29 bits per heavy atom. The third-order valence-electron chi connectivity index (χ3n) is 4.74. The van der Waals surface area contributed by atoms with E-state index in [0.29, 0.717) is 13.0 Å². The van der Waals surface area contributed by atoms with Crippen molar-refractivity contribution in [3.8, 4) is 0 Å². The van der Waals surface area contributed by atoms with Crippen LogP contribution in [0.1, 0.15) is 57.9 Å². The lowest BCUT2D eigenvalue weighted by Crippen LogP contribution is -2.46. The van der Waals surface area contributed by atoms with E-state index in [1.807, 2.05) is 23.1 Å².